The fourth-order valence-electron chi connectivity index (χ4n) is 0.235. The highest BCUT2D eigenvalue weighted by Gasteiger charge is 1.96. The van der Waals surface area contributed by atoms with Crippen LogP contribution in [0.4, 0.5) is 0 Å². The molecule has 0 bridgehead atoms. The summed E-state index contributed by atoms with van der Waals surface area (Å²) in [6, 6.07) is 0. The fraction of sp³-hybridized carbons (Fsp3) is 0.333. The van der Waals surface area contributed by atoms with Crippen molar-refractivity contribution in [3.63, 3.8) is 0 Å². The van der Waals surface area contributed by atoms with E-state index in [0.717, 1.165) is 0 Å². The molecule has 0 aromatic rings. The number of rotatable bonds is 0. The molecule has 0 fully saturated rings. The Morgan fingerprint density at radius 1 is 2.00 bits per heavy atom. The first-order valence-electron chi connectivity index (χ1n) is 1.54. The minimum Gasteiger partial charge on any atom is -0.466 e. The van der Waals surface area contributed by atoms with Crippen molar-refractivity contribution in [1.82, 2.24) is 5.32 Å². The minimum atomic E-state index is 0.454. The lowest BCUT2D eigenvalue weighted by molar-refractivity contribution is 0.248. The molecule has 6 heavy (non-hydrogen) atoms. The standard InChI is InChI=1S/C3H3ClNO/c4-3-1-6-2-5-3/h5H,2H2. The molecule has 2 nitrogen and oxygen atoms in total. The lowest BCUT2D eigenvalue weighted by Gasteiger charge is -1.84. The molecule has 0 aliphatic carbocycles. The van der Waals surface area contributed by atoms with Crippen LogP contribution in [0.1, 0.15) is 0 Å². The van der Waals surface area contributed by atoms with E-state index < -0.39 is 0 Å². The average molecular weight is 105 g/mol. The highest BCUT2D eigenvalue weighted by atomic mass is 35.5. The molecule has 1 radical (unpaired) electrons. The summed E-state index contributed by atoms with van der Waals surface area (Å²) in [6.07, 6.45) is 2.39. The average Bonchev–Trinajstić information content (AvgIpc) is 1.86. The zero-order valence-corrected chi connectivity index (χ0v) is 3.75. The van der Waals surface area contributed by atoms with E-state index in [1.807, 2.05) is 0 Å². The Hall–Kier alpha value is -0.370. The van der Waals surface area contributed by atoms with Gasteiger partial charge in [-0.1, -0.05) is 11.6 Å². The van der Waals surface area contributed by atoms with E-state index in [1.54, 1.807) is 0 Å². The van der Waals surface area contributed by atoms with Crippen molar-refractivity contribution in [3.05, 3.63) is 11.4 Å². The van der Waals surface area contributed by atoms with E-state index >= 15 is 0 Å². The van der Waals surface area contributed by atoms with E-state index in [9.17, 15) is 0 Å². The fourth-order valence-corrected chi connectivity index (χ4v) is 0.344. The number of nitrogens with one attached hydrogen (secondary N) is 1. The maximum Gasteiger partial charge on any atom is 0.201 e. The zero-order valence-electron chi connectivity index (χ0n) is 2.99. The molecule has 1 rings (SSSR count). The van der Waals surface area contributed by atoms with Gasteiger partial charge >= 0.3 is 0 Å². The predicted molar refractivity (Wildman–Crippen MR) is 21.7 cm³/mol. The molecule has 0 amide bonds. The topological polar surface area (TPSA) is 21.3 Å². The first-order valence-corrected chi connectivity index (χ1v) is 1.91. The van der Waals surface area contributed by atoms with E-state index in [2.05, 4.69) is 16.3 Å². The second-order valence-corrected chi connectivity index (χ2v) is 1.26. The van der Waals surface area contributed by atoms with Gasteiger partial charge in [-0.2, -0.15) is 0 Å². The lowest BCUT2D eigenvalue weighted by atomic mass is 11.0. The maximum absolute atomic E-state index is 5.28. The molecule has 0 aromatic heterocycles. The molecule has 1 N–H and O–H groups in total. The highest BCUT2D eigenvalue weighted by Crippen LogP contribution is 1.98. The summed E-state index contributed by atoms with van der Waals surface area (Å²) in [4.78, 5) is 0. The Balaban J connectivity index is 2.45. The van der Waals surface area contributed by atoms with Gasteiger partial charge in [-0.05, 0) is 0 Å². The second-order valence-electron chi connectivity index (χ2n) is 0.881. The molecule has 0 unspecified atom stereocenters. The lowest BCUT2D eigenvalue weighted by Crippen LogP contribution is -2.02. The van der Waals surface area contributed by atoms with Crippen molar-refractivity contribution in [3.8, 4) is 0 Å². The molecule has 1 aliphatic rings. The quantitative estimate of drug-likeness (QED) is 0.450. The summed E-state index contributed by atoms with van der Waals surface area (Å²) in [5, 5.41) is 3.12. The zero-order chi connectivity index (χ0) is 4.41. The molecule has 1 heterocycles. The normalized spacial score (nSPS) is 18.5. The monoisotopic (exact) mass is 104 g/mol. The molecule has 33 valence electrons. The van der Waals surface area contributed by atoms with Gasteiger partial charge < -0.3 is 10.1 Å². The van der Waals surface area contributed by atoms with Crippen LogP contribution in [-0.4, -0.2) is 6.73 Å². The maximum atomic E-state index is 5.28. The van der Waals surface area contributed by atoms with Crippen LogP contribution in [0.5, 0.6) is 0 Å². The number of hydrogen-bond donors (Lipinski definition) is 1. The second kappa shape index (κ2) is 1.39. The SMILES string of the molecule is ClC1=[C]OCN1. The first-order chi connectivity index (χ1) is 2.89. The van der Waals surface area contributed by atoms with Gasteiger partial charge in [0.2, 0.25) is 6.26 Å². The third kappa shape index (κ3) is 0.571. The Bertz CT molecular complexity index is 80.9. The number of ether oxygens (including phenoxy) is 1. The Morgan fingerprint density at radius 3 is 3.00 bits per heavy atom. The van der Waals surface area contributed by atoms with Crippen LogP contribution in [0.2, 0.25) is 0 Å². The van der Waals surface area contributed by atoms with Crippen molar-refractivity contribution in [2.24, 2.45) is 0 Å². The highest BCUT2D eigenvalue weighted by molar-refractivity contribution is 6.28. The largest absolute Gasteiger partial charge is 0.466 e. The third-order valence-electron chi connectivity index (χ3n) is 0.461. The molecule has 0 atom stereocenters. The third-order valence-corrected chi connectivity index (χ3v) is 0.672. The predicted octanol–water partition coefficient (Wildman–Crippen LogP) is 0.405. The van der Waals surface area contributed by atoms with Crippen LogP contribution >= 0.6 is 11.6 Å². The van der Waals surface area contributed by atoms with Gasteiger partial charge in [-0.15, -0.1) is 0 Å². The van der Waals surface area contributed by atoms with Crippen LogP contribution in [0, 0.1) is 6.26 Å². The van der Waals surface area contributed by atoms with Crippen molar-refractivity contribution < 1.29 is 4.74 Å². The molecule has 0 saturated carbocycles. The van der Waals surface area contributed by atoms with Gasteiger partial charge in [0, 0.05) is 0 Å². The van der Waals surface area contributed by atoms with E-state index in [-0.39, 0.29) is 0 Å². The van der Waals surface area contributed by atoms with Crippen LogP contribution in [0.15, 0.2) is 5.16 Å². The summed E-state index contributed by atoms with van der Waals surface area (Å²) < 4.78 is 4.53. The summed E-state index contributed by atoms with van der Waals surface area (Å²) in [6.45, 7) is 0.457. The first kappa shape index (κ1) is 3.81. The van der Waals surface area contributed by atoms with Gasteiger partial charge in [0.25, 0.3) is 0 Å². The van der Waals surface area contributed by atoms with Gasteiger partial charge in [0.15, 0.2) is 11.9 Å². The van der Waals surface area contributed by atoms with Crippen molar-refractivity contribution >= 4 is 11.6 Å². The summed E-state index contributed by atoms with van der Waals surface area (Å²) in [5.74, 6) is 0. The Kier molecular flexibility index (Phi) is 0.881. The van der Waals surface area contributed by atoms with Crippen LogP contribution in [0.3, 0.4) is 0 Å². The summed E-state index contributed by atoms with van der Waals surface area (Å²) >= 11 is 5.28. The molecule has 1 aliphatic heterocycles. The number of hydrogen-bond acceptors (Lipinski definition) is 2. The van der Waals surface area contributed by atoms with E-state index in [0.29, 0.717) is 11.9 Å². The van der Waals surface area contributed by atoms with Crippen molar-refractivity contribution in [1.29, 1.82) is 0 Å². The molecular weight excluding hydrogens is 101 g/mol. The van der Waals surface area contributed by atoms with Crippen LogP contribution in [-0.2, 0) is 4.74 Å². The molecule has 3 heteroatoms. The van der Waals surface area contributed by atoms with E-state index in [4.69, 9.17) is 11.6 Å². The Morgan fingerprint density at radius 2 is 2.83 bits per heavy atom. The molecular formula is C3H3ClNO. The van der Waals surface area contributed by atoms with Crippen LogP contribution < -0.4 is 5.32 Å². The van der Waals surface area contributed by atoms with Crippen molar-refractivity contribution in [2.75, 3.05) is 6.73 Å². The number of halogens is 1. The van der Waals surface area contributed by atoms with Gasteiger partial charge in [0.05, 0.1) is 0 Å². The molecule has 0 aromatic carbocycles. The minimum absolute atomic E-state index is 0.454. The van der Waals surface area contributed by atoms with Crippen molar-refractivity contribution in [2.45, 2.75) is 0 Å². The summed E-state index contributed by atoms with van der Waals surface area (Å²) in [5.41, 5.74) is 0. The Labute approximate surface area is 40.7 Å². The van der Waals surface area contributed by atoms with Gasteiger partial charge in [-0.25, -0.2) is 0 Å². The summed E-state index contributed by atoms with van der Waals surface area (Å²) in [7, 11) is 0. The van der Waals surface area contributed by atoms with Gasteiger partial charge in [0.1, 0.15) is 0 Å². The molecule has 0 saturated heterocycles. The smallest absolute Gasteiger partial charge is 0.201 e. The molecule has 0 spiro atoms. The van der Waals surface area contributed by atoms with E-state index in [1.165, 1.54) is 0 Å². The van der Waals surface area contributed by atoms with Gasteiger partial charge in [-0.3, -0.25) is 0 Å². The van der Waals surface area contributed by atoms with Crippen LogP contribution in [0.25, 0.3) is 0 Å².